The van der Waals surface area contributed by atoms with E-state index in [2.05, 4.69) is 0 Å². The van der Waals surface area contributed by atoms with E-state index in [1.54, 1.807) is 0 Å². The highest BCUT2D eigenvalue weighted by Crippen LogP contribution is 2.08. The Labute approximate surface area is 133 Å². The van der Waals surface area contributed by atoms with Gasteiger partial charge in [0.25, 0.3) is 0 Å². The van der Waals surface area contributed by atoms with Crippen LogP contribution >= 0.6 is 0 Å². The lowest BCUT2D eigenvalue weighted by Crippen LogP contribution is -2.39. The van der Waals surface area contributed by atoms with E-state index in [1.165, 1.54) is 0 Å². The van der Waals surface area contributed by atoms with Crippen molar-refractivity contribution in [2.45, 2.75) is 71.4 Å². The molecule has 6 nitrogen and oxygen atoms in total. The van der Waals surface area contributed by atoms with Gasteiger partial charge in [-0.25, -0.2) is 0 Å². The van der Waals surface area contributed by atoms with Crippen LogP contribution in [0.5, 0.6) is 0 Å². The van der Waals surface area contributed by atoms with Crippen LogP contribution in [0.4, 0.5) is 0 Å². The number of esters is 3. The molecule has 2 atom stereocenters. The fourth-order valence-corrected chi connectivity index (χ4v) is 1.57. The summed E-state index contributed by atoms with van der Waals surface area (Å²) in [6.45, 7) is 5.28. The van der Waals surface area contributed by atoms with Gasteiger partial charge < -0.3 is 14.2 Å². The molecule has 0 N–H and O–H groups in total. The molecular formula is C15H25BO6. The molecule has 0 spiro atoms. The predicted molar refractivity (Wildman–Crippen MR) is 81.2 cm³/mol. The molecular weight excluding hydrogens is 287 g/mol. The summed E-state index contributed by atoms with van der Waals surface area (Å²) in [5, 5.41) is 0. The van der Waals surface area contributed by atoms with E-state index < -0.39 is 30.0 Å². The molecule has 0 aliphatic rings. The average molecular weight is 312 g/mol. The number of ether oxygens (including phenoxy) is 3. The van der Waals surface area contributed by atoms with Gasteiger partial charge >= 0.3 is 17.9 Å². The van der Waals surface area contributed by atoms with Crippen LogP contribution in [0.3, 0.4) is 0 Å². The van der Waals surface area contributed by atoms with E-state index >= 15 is 0 Å². The van der Waals surface area contributed by atoms with Crippen LogP contribution < -0.4 is 0 Å². The lowest BCUT2D eigenvalue weighted by Gasteiger charge is -2.24. The first kappa shape index (κ1) is 20.5. The molecule has 0 heterocycles. The number of hydrogen-bond acceptors (Lipinski definition) is 6. The van der Waals surface area contributed by atoms with Crippen molar-refractivity contribution in [1.82, 2.24) is 0 Å². The molecule has 0 saturated heterocycles. The van der Waals surface area contributed by atoms with Gasteiger partial charge in [-0.05, 0) is 19.3 Å². The lowest BCUT2D eigenvalue weighted by atomic mass is 9.94. The van der Waals surface area contributed by atoms with E-state index in [0.717, 1.165) is 0 Å². The van der Waals surface area contributed by atoms with E-state index in [-0.39, 0.29) is 25.9 Å². The Balaban J connectivity index is 4.58. The monoisotopic (exact) mass is 312 g/mol. The van der Waals surface area contributed by atoms with Gasteiger partial charge in [0.15, 0.2) is 6.10 Å². The van der Waals surface area contributed by atoms with E-state index in [1.807, 2.05) is 20.8 Å². The van der Waals surface area contributed by atoms with Crippen molar-refractivity contribution >= 4 is 25.8 Å². The van der Waals surface area contributed by atoms with Gasteiger partial charge in [0.2, 0.25) is 0 Å². The van der Waals surface area contributed by atoms with E-state index in [9.17, 15) is 14.4 Å². The Morgan fingerprint density at radius 3 is 1.77 bits per heavy atom. The molecule has 7 heteroatoms. The molecule has 124 valence electrons. The smallest absolute Gasteiger partial charge is 0.306 e. The highest BCUT2D eigenvalue weighted by Gasteiger charge is 2.25. The van der Waals surface area contributed by atoms with Crippen LogP contribution in [0.1, 0.15) is 59.3 Å². The van der Waals surface area contributed by atoms with Crippen LogP contribution in [0.25, 0.3) is 0 Å². The molecule has 0 aromatic heterocycles. The highest BCUT2D eigenvalue weighted by atomic mass is 16.6. The summed E-state index contributed by atoms with van der Waals surface area (Å²) in [4.78, 5) is 34.4. The van der Waals surface area contributed by atoms with Gasteiger partial charge in [0.1, 0.15) is 14.5 Å². The Morgan fingerprint density at radius 2 is 1.27 bits per heavy atom. The molecule has 2 radical (unpaired) electrons. The number of carbonyl (C=O) groups is 3. The second-order valence-electron chi connectivity index (χ2n) is 4.92. The van der Waals surface area contributed by atoms with Crippen molar-refractivity contribution < 1.29 is 28.6 Å². The first-order valence-electron chi connectivity index (χ1n) is 7.74. The third-order valence-corrected chi connectivity index (χ3v) is 2.69. The number of carbonyl (C=O) groups excluding carboxylic acids is 3. The largest absolute Gasteiger partial charge is 0.469 e. The highest BCUT2D eigenvalue weighted by molar-refractivity contribution is 6.12. The quantitative estimate of drug-likeness (QED) is 0.329. The SMILES string of the molecule is [B]C(OC(=O)CCC)C(COC(=O)CCC)OC(=O)CCC. The van der Waals surface area contributed by atoms with E-state index in [0.29, 0.717) is 19.3 Å². The fraction of sp³-hybridized carbons (Fsp3) is 0.800. The molecule has 0 aliphatic heterocycles. The first-order valence-corrected chi connectivity index (χ1v) is 7.74. The summed E-state index contributed by atoms with van der Waals surface area (Å²) in [6.07, 6.45) is 1.59. The summed E-state index contributed by atoms with van der Waals surface area (Å²) >= 11 is 0. The van der Waals surface area contributed by atoms with Crippen molar-refractivity contribution in [2.24, 2.45) is 0 Å². The van der Waals surface area contributed by atoms with Crippen molar-refractivity contribution in [2.75, 3.05) is 6.61 Å². The zero-order valence-electron chi connectivity index (χ0n) is 13.6. The van der Waals surface area contributed by atoms with E-state index in [4.69, 9.17) is 22.1 Å². The molecule has 0 aromatic rings. The molecule has 0 aliphatic carbocycles. The molecule has 22 heavy (non-hydrogen) atoms. The average Bonchev–Trinajstić information content (AvgIpc) is 2.44. The summed E-state index contributed by atoms with van der Waals surface area (Å²) in [5.74, 6) is -1.36. The second-order valence-corrected chi connectivity index (χ2v) is 4.92. The van der Waals surface area contributed by atoms with Crippen LogP contribution in [0.2, 0.25) is 0 Å². The third-order valence-electron chi connectivity index (χ3n) is 2.69. The molecule has 2 unspecified atom stereocenters. The van der Waals surface area contributed by atoms with Gasteiger partial charge in [0.05, 0.1) is 6.00 Å². The molecule has 0 amide bonds. The molecule has 0 bridgehead atoms. The van der Waals surface area contributed by atoms with Crippen molar-refractivity contribution in [3.8, 4) is 0 Å². The minimum atomic E-state index is -1.16. The Hall–Kier alpha value is -1.53. The number of hydrogen-bond donors (Lipinski definition) is 0. The minimum absolute atomic E-state index is 0.217. The zero-order valence-corrected chi connectivity index (χ0v) is 13.6. The summed E-state index contributed by atoms with van der Waals surface area (Å²) in [6, 6.07) is -1.16. The maximum absolute atomic E-state index is 11.6. The fourth-order valence-electron chi connectivity index (χ4n) is 1.57. The molecule has 0 aromatic carbocycles. The lowest BCUT2D eigenvalue weighted by molar-refractivity contribution is -0.169. The normalized spacial score (nSPS) is 13.0. The molecule has 0 fully saturated rings. The van der Waals surface area contributed by atoms with Crippen molar-refractivity contribution in [3.05, 3.63) is 0 Å². The second kappa shape index (κ2) is 12.1. The van der Waals surface area contributed by atoms with Gasteiger partial charge in [0, 0.05) is 19.3 Å². The number of rotatable bonds is 11. The predicted octanol–water partition coefficient (Wildman–Crippen LogP) is 1.88. The van der Waals surface area contributed by atoms with Gasteiger partial charge in [-0.15, -0.1) is 0 Å². The maximum atomic E-state index is 11.6. The zero-order chi connectivity index (χ0) is 17.0. The summed E-state index contributed by atoms with van der Waals surface area (Å²) < 4.78 is 15.1. The maximum Gasteiger partial charge on any atom is 0.306 e. The summed E-state index contributed by atoms with van der Waals surface area (Å²) in [7, 11) is 5.74. The Kier molecular flexibility index (Phi) is 11.2. The minimum Gasteiger partial charge on any atom is -0.469 e. The van der Waals surface area contributed by atoms with Crippen molar-refractivity contribution in [3.63, 3.8) is 0 Å². The van der Waals surface area contributed by atoms with Crippen LogP contribution in [0, 0.1) is 0 Å². The third kappa shape index (κ3) is 9.42. The Morgan fingerprint density at radius 1 is 0.818 bits per heavy atom. The standard InChI is InChI=1S/C15H25BO6/c1-4-7-12(17)20-10-11(21-13(18)8-5-2)15(16)22-14(19)9-6-3/h11,15H,4-10H2,1-3H3. The van der Waals surface area contributed by atoms with Crippen LogP contribution in [-0.2, 0) is 28.6 Å². The summed E-state index contributed by atoms with van der Waals surface area (Å²) in [5.41, 5.74) is 0. The van der Waals surface area contributed by atoms with Gasteiger partial charge in [-0.2, -0.15) is 0 Å². The first-order chi connectivity index (χ1) is 10.4. The van der Waals surface area contributed by atoms with Gasteiger partial charge in [-0.1, -0.05) is 20.8 Å². The van der Waals surface area contributed by atoms with Gasteiger partial charge in [-0.3, -0.25) is 14.4 Å². The molecule has 0 saturated carbocycles. The topological polar surface area (TPSA) is 78.9 Å². The molecule has 0 rings (SSSR count). The Bertz CT molecular complexity index is 358. The van der Waals surface area contributed by atoms with Crippen molar-refractivity contribution in [1.29, 1.82) is 0 Å². The van der Waals surface area contributed by atoms with Crippen LogP contribution in [0.15, 0.2) is 0 Å². The van der Waals surface area contributed by atoms with Crippen LogP contribution in [-0.4, -0.2) is 44.5 Å².